The average molecular weight is 428 g/mol. The van der Waals surface area contributed by atoms with Gasteiger partial charge in [0.15, 0.2) is 0 Å². The van der Waals surface area contributed by atoms with Gasteiger partial charge in [0, 0.05) is 31.5 Å². The van der Waals surface area contributed by atoms with Gasteiger partial charge in [-0.1, -0.05) is 0 Å². The van der Waals surface area contributed by atoms with Crippen LogP contribution >= 0.6 is 11.8 Å². The summed E-state index contributed by atoms with van der Waals surface area (Å²) in [5, 5.41) is 4.85. The van der Waals surface area contributed by atoms with Crippen LogP contribution in [0.15, 0.2) is 47.1 Å². The fourth-order valence-corrected chi connectivity index (χ4v) is 4.83. The van der Waals surface area contributed by atoms with Crippen LogP contribution < -0.4 is 9.47 Å². The van der Waals surface area contributed by atoms with Crippen molar-refractivity contribution in [3.63, 3.8) is 0 Å². The highest BCUT2D eigenvalue weighted by Crippen LogP contribution is 2.36. The molecule has 3 aromatic rings. The molecule has 0 aliphatic carbocycles. The zero-order valence-corrected chi connectivity index (χ0v) is 18.1. The molecular weight excluding hydrogens is 402 g/mol. The van der Waals surface area contributed by atoms with Crippen LogP contribution in [-0.4, -0.2) is 53.6 Å². The molecule has 8 heteroatoms. The lowest BCUT2D eigenvalue weighted by Gasteiger charge is -2.20. The maximum absolute atomic E-state index is 13.3. The summed E-state index contributed by atoms with van der Waals surface area (Å²) < 4.78 is 18.0. The zero-order chi connectivity index (χ0) is 21.1. The molecule has 1 amide bonds. The standard InChI is InChI=1S/C22H25N3O4S/c1-24-18(14-17(23-24)16-13-15(27-2)6-7-19(16)28-3)22(26)25-9-8-21(30-12-10-25)20-5-4-11-29-20/h4-7,11,13-14,21H,8-10,12H2,1-3H3. The zero-order valence-electron chi connectivity index (χ0n) is 17.3. The molecular formula is C22H25N3O4S. The normalized spacial score (nSPS) is 16.9. The van der Waals surface area contributed by atoms with Gasteiger partial charge in [-0.3, -0.25) is 9.48 Å². The molecule has 0 bridgehead atoms. The third-order valence-corrected chi connectivity index (χ3v) is 6.56. The number of hydrogen-bond donors (Lipinski definition) is 0. The summed E-state index contributed by atoms with van der Waals surface area (Å²) in [6.07, 6.45) is 2.56. The van der Waals surface area contributed by atoms with Crippen LogP contribution in [0.25, 0.3) is 11.3 Å². The summed E-state index contributed by atoms with van der Waals surface area (Å²) in [6, 6.07) is 11.3. The highest BCUT2D eigenvalue weighted by atomic mass is 32.2. The molecule has 4 rings (SSSR count). The van der Waals surface area contributed by atoms with Crippen molar-refractivity contribution in [1.82, 2.24) is 14.7 Å². The first kappa shape index (κ1) is 20.4. The number of nitrogens with zero attached hydrogens (tertiary/aromatic N) is 3. The molecule has 1 unspecified atom stereocenters. The molecule has 0 N–H and O–H groups in total. The van der Waals surface area contributed by atoms with E-state index in [9.17, 15) is 4.79 Å². The maximum atomic E-state index is 13.3. The van der Waals surface area contributed by atoms with Gasteiger partial charge in [0.05, 0.1) is 31.4 Å². The first-order valence-electron chi connectivity index (χ1n) is 9.81. The van der Waals surface area contributed by atoms with Crippen molar-refractivity contribution in [2.45, 2.75) is 11.7 Å². The average Bonchev–Trinajstić information content (AvgIpc) is 3.37. The van der Waals surface area contributed by atoms with Crippen molar-refractivity contribution in [3.05, 3.63) is 54.1 Å². The molecule has 3 heterocycles. The Labute approximate surface area is 179 Å². The Morgan fingerprint density at radius 3 is 2.80 bits per heavy atom. The summed E-state index contributed by atoms with van der Waals surface area (Å²) in [4.78, 5) is 15.2. The number of carbonyl (C=O) groups excluding carboxylic acids is 1. The van der Waals surface area contributed by atoms with Gasteiger partial charge in [0.25, 0.3) is 5.91 Å². The van der Waals surface area contributed by atoms with E-state index < -0.39 is 0 Å². The van der Waals surface area contributed by atoms with E-state index in [1.807, 2.05) is 53.1 Å². The third-order valence-electron chi connectivity index (χ3n) is 5.27. The van der Waals surface area contributed by atoms with Crippen LogP contribution in [0.3, 0.4) is 0 Å². The molecule has 158 valence electrons. The van der Waals surface area contributed by atoms with Crippen molar-refractivity contribution in [1.29, 1.82) is 0 Å². The number of aryl methyl sites for hydroxylation is 1. The first-order chi connectivity index (χ1) is 14.6. The minimum absolute atomic E-state index is 0.0150. The predicted molar refractivity (Wildman–Crippen MR) is 116 cm³/mol. The Morgan fingerprint density at radius 2 is 2.07 bits per heavy atom. The molecule has 30 heavy (non-hydrogen) atoms. The molecule has 1 saturated heterocycles. The van der Waals surface area contributed by atoms with Crippen LogP contribution in [0.1, 0.15) is 27.9 Å². The Kier molecular flexibility index (Phi) is 6.03. The van der Waals surface area contributed by atoms with Gasteiger partial charge in [0.1, 0.15) is 23.0 Å². The minimum atomic E-state index is -0.0150. The van der Waals surface area contributed by atoms with E-state index in [0.29, 0.717) is 36.0 Å². The monoisotopic (exact) mass is 427 g/mol. The molecule has 1 aromatic carbocycles. The van der Waals surface area contributed by atoms with Gasteiger partial charge < -0.3 is 18.8 Å². The van der Waals surface area contributed by atoms with Crippen molar-refractivity contribution in [2.75, 3.05) is 33.1 Å². The van der Waals surface area contributed by atoms with E-state index in [2.05, 4.69) is 5.10 Å². The topological polar surface area (TPSA) is 69.7 Å². The smallest absolute Gasteiger partial charge is 0.272 e. The van der Waals surface area contributed by atoms with E-state index in [4.69, 9.17) is 13.9 Å². The number of hydrogen-bond acceptors (Lipinski definition) is 6. The lowest BCUT2D eigenvalue weighted by molar-refractivity contribution is 0.0755. The summed E-state index contributed by atoms with van der Waals surface area (Å²) in [7, 11) is 5.03. The van der Waals surface area contributed by atoms with E-state index in [-0.39, 0.29) is 11.2 Å². The largest absolute Gasteiger partial charge is 0.497 e. The Hall–Kier alpha value is -2.87. The number of ether oxygens (including phenoxy) is 2. The van der Waals surface area contributed by atoms with Crippen LogP contribution in [0, 0.1) is 0 Å². The van der Waals surface area contributed by atoms with Crippen LogP contribution in [0.5, 0.6) is 11.5 Å². The summed E-state index contributed by atoms with van der Waals surface area (Å²) in [6.45, 7) is 1.38. The Morgan fingerprint density at radius 1 is 1.20 bits per heavy atom. The van der Waals surface area contributed by atoms with Crippen molar-refractivity contribution in [3.8, 4) is 22.8 Å². The summed E-state index contributed by atoms with van der Waals surface area (Å²) >= 11 is 1.83. The van der Waals surface area contributed by atoms with Crippen molar-refractivity contribution >= 4 is 17.7 Å². The van der Waals surface area contributed by atoms with Crippen LogP contribution in [0.4, 0.5) is 0 Å². The number of methoxy groups -OCH3 is 2. The lowest BCUT2D eigenvalue weighted by atomic mass is 10.1. The maximum Gasteiger partial charge on any atom is 0.272 e. The van der Waals surface area contributed by atoms with E-state index in [1.54, 1.807) is 32.2 Å². The van der Waals surface area contributed by atoms with Gasteiger partial charge in [-0.05, 0) is 42.8 Å². The fraction of sp³-hybridized carbons (Fsp3) is 0.364. The minimum Gasteiger partial charge on any atom is -0.497 e. The molecule has 7 nitrogen and oxygen atoms in total. The van der Waals surface area contributed by atoms with Crippen molar-refractivity contribution in [2.24, 2.45) is 7.05 Å². The van der Waals surface area contributed by atoms with E-state index in [0.717, 1.165) is 23.5 Å². The molecule has 1 aliphatic heterocycles. The van der Waals surface area contributed by atoms with Gasteiger partial charge in [-0.25, -0.2) is 0 Å². The van der Waals surface area contributed by atoms with Gasteiger partial charge in [-0.15, -0.1) is 11.8 Å². The Balaban J connectivity index is 1.55. The fourth-order valence-electron chi connectivity index (χ4n) is 3.65. The number of amides is 1. The number of furan rings is 1. The molecule has 1 atom stereocenters. The molecule has 2 aromatic heterocycles. The number of benzene rings is 1. The third kappa shape index (κ3) is 4.05. The lowest BCUT2D eigenvalue weighted by Crippen LogP contribution is -2.34. The predicted octanol–water partition coefficient (Wildman–Crippen LogP) is 4.02. The Bertz CT molecular complexity index is 1020. The second-order valence-electron chi connectivity index (χ2n) is 7.06. The molecule has 1 fully saturated rings. The summed E-state index contributed by atoms with van der Waals surface area (Å²) in [5.41, 5.74) is 2.02. The van der Waals surface area contributed by atoms with Gasteiger partial charge in [0.2, 0.25) is 0 Å². The van der Waals surface area contributed by atoms with Gasteiger partial charge in [-0.2, -0.15) is 5.10 Å². The van der Waals surface area contributed by atoms with Crippen LogP contribution in [-0.2, 0) is 7.05 Å². The molecule has 0 saturated carbocycles. The second kappa shape index (κ2) is 8.87. The number of carbonyl (C=O) groups is 1. The molecule has 0 spiro atoms. The van der Waals surface area contributed by atoms with E-state index in [1.165, 1.54) is 0 Å². The highest BCUT2D eigenvalue weighted by Gasteiger charge is 2.26. The second-order valence-corrected chi connectivity index (χ2v) is 8.37. The highest BCUT2D eigenvalue weighted by molar-refractivity contribution is 7.99. The summed E-state index contributed by atoms with van der Waals surface area (Å²) in [5.74, 6) is 3.21. The van der Waals surface area contributed by atoms with Crippen molar-refractivity contribution < 1.29 is 18.7 Å². The molecule has 0 radical (unpaired) electrons. The van der Waals surface area contributed by atoms with E-state index >= 15 is 0 Å². The first-order valence-corrected chi connectivity index (χ1v) is 10.9. The van der Waals surface area contributed by atoms with Gasteiger partial charge >= 0.3 is 0 Å². The number of rotatable bonds is 5. The quantitative estimate of drug-likeness (QED) is 0.613. The van der Waals surface area contributed by atoms with Crippen LogP contribution in [0.2, 0.25) is 0 Å². The SMILES string of the molecule is COc1ccc(OC)c(-c2cc(C(=O)N3CCSC(c4ccco4)CC3)n(C)n2)c1. The number of aromatic nitrogens is 2. The number of thioether (sulfide) groups is 1. The molecule has 1 aliphatic rings.